The Balaban J connectivity index is 1.43. The molecule has 0 spiro atoms. The summed E-state index contributed by atoms with van der Waals surface area (Å²) in [7, 11) is 4.65. The van der Waals surface area contributed by atoms with Crippen LogP contribution < -0.4 is 29.2 Å². The largest absolute Gasteiger partial charge is 0.497 e. The first-order chi connectivity index (χ1) is 17.9. The smallest absolute Gasteiger partial charge is 0.270 e. The fraction of sp³-hybridized carbons (Fsp3) is 0.148. The number of nitrogens with one attached hydrogen (secondary N) is 1. The van der Waals surface area contributed by atoms with E-state index in [9.17, 15) is 9.59 Å². The SMILES string of the molecule is COc1ccc(N2C(=O)/C(=C/c3ccc(OCC(=O)Nc4cccc(OC)c4)c(OC)c3)SC2=S)cc1. The maximum atomic E-state index is 13.1. The average molecular weight is 537 g/mol. The molecular formula is C27H24N2O6S2. The summed E-state index contributed by atoms with van der Waals surface area (Å²) in [5.74, 6) is 1.60. The van der Waals surface area contributed by atoms with Crippen molar-refractivity contribution in [3.63, 3.8) is 0 Å². The highest BCUT2D eigenvalue weighted by Crippen LogP contribution is 2.37. The quantitative estimate of drug-likeness (QED) is 0.297. The summed E-state index contributed by atoms with van der Waals surface area (Å²) in [4.78, 5) is 27.4. The highest BCUT2D eigenvalue weighted by molar-refractivity contribution is 8.27. The summed E-state index contributed by atoms with van der Waals surface area (Å²) < 4.78 is 21.9. The van der Waals surface area contributed by atoms with Gasteiger partial charge in [-0.3, -0.25) is 14.5 Å². The third kappa shape index (κ3) is 6.22. The molecule has 0 aliphatic carbocycles. The van der Waals surface area contributed by atoms with Crippen molar-refractivity contribution in [3.05, 3.63) is 77.2 Å². The van der Waals surface area contributed by atoms with Gasteiger partial charge in [0.05, 0.1) is 31.9 Å². The van der Waals surface area contributed by atoms with Crippen molar-refractivity contribution in [1.29, 1.82) is 0 Å². The van der Waals surface area contributed by atoms with Gasteiger partial charge >= 0.3 is 0 Å². The molecule has 4 rings (SSSR count). The summed E-state index contributed by atoms with van der Waals surface area (Å²) in [6.07, 6.45) is 1.74. The van der Waals surface area contributed by atoms with Gasteiger partial charge in [0.2, 0.25) is 0 Å². The first-order valence-electron chi connectivity index (χ1n) is 11.1. The van der Waals surface area contributed by atoms with Crippen LogP contribution >= 0.6 is 24.0 Å². The third-order valence-electron chi connectivity index (χ3n) is 5.32. The predicted octanol–water partition coefficient (Wildman–Crippen LogP) is 5.14. The van der Waals surface area contributed by atoms with Crippen molar-refractivity contribution in [2.75, 3.05) is 38.2 Å². The van der Waals surface area contributed by atoms with Crippen molar-refractivity contribution in [3.8, 4) is 23.0 Å². The number of carbonyl (C=O) groups is 2. The van der Waals surface area contributed by atoms with Gasteiger partial charge in [-0.25, -0.2) is 0 Å². The highest BCUT2D eigenvalue weighted by Gasteiger charge is 2.33. The molecule has 0 bridgehead atoms. The van der Waals surface area contributed by atoms with E-state index in [0.29, 0.717) is 43.6 Å². The molecule has 1 heterocycles. The summed E-state index contributed by atoms with van der Waals surface area (Å²) in [6.45, 7) is -0.215. The molecule has 1 aliphatic rings. The number of amides is 2. The standard InChI is InChI=1S/C27H24N2O6S2/c1-32-20-10-8-19(9-11-20)29-26(31)24(37-27(29)36)14-17-7-12-22(23(13-17)34-3)35-16-25(30)28-18-5-4-6-21(15-18)33-2/h4-15H,16H2,1-3H3,(H,28,30)/b24-14-. The monoisotopic (exact) mass is 536 g/mol. The van der Waals surface area contributed by atoms with E-state index < -0.39 is 0 Å². The van der Waals surface area contributed by atoms with Crippen LogP contribution in [0.1, 0.15) is 5.56 Å². The van der Waals surface area contributed by atoms with Crippen LogP contribution in [0.3, 0.4) is 0 Å². The Morgan fingerprint density at radius 2 is 1.70 bits per heavy atom. The zero-order chi connectivity index (χ0) is 26.4. The lowest BCUT2D eigenvalue weighted by Crippen LogP contribution is -2.27. The molecule has 0 unspecified atom stereocenters. The van der Waals surface area contributed by atoms with E-state index in [2.05, 4.69) is 5.32 Å². The van der Waals surface area contributed by atoms with Gasteiger partial charge in [0.25, 0.3) is 11.8 Å². The van der Waals surface area contributed by atoms with Crippen LogP contribution in [0.5, 0.6) is 23.0 Å². The Bertz CT molecular complexity index is 1360. The molecule has 1 aliphatic heterocycles. The van der Waals surface area contributed by atoms with Gasteiger partial charge in [0.1, 0.15) is 11.5 Å². The molecular weight excluding hydrogens is 512 g/mol. The number of benzene rings is 3. The van der Waals surface area contributed by atoms with Crippen LogP contribution in [0.2, 0.25) is 0 Å². The molecule has 2 amide bonds. The molecule has 0 atom stereocenters. The molecule has 3 aromatic carbocycles. The fourth-order valence-corrected chi connectivity index (χ4v) is 4.81. The number of methoxy groups -OCH3 is 3. The zero-order valence-corrected chi connectivity index (χ0v) is 22.0. The number of thioether (sulfide) groups is 1. The minimum atomic E-state index is -0.332. The van der Waals surface area contributed by atoms with Crippen LogP contribution in [-0.2, 0) is 9.59 Å². The molecule has 1 fully saturated rings. The average Bonchev–Trinajstić information content (AvgIpc) is 3.20. The van der Waals surface area contributed by atoms with Crippen LogP contribution in [0, 0.1) is 0 Å². The lowest BCUT2D eigenvalue weighted by atomic mass is 10.1. The minimum Gasteiger partial charge on any atom is -0.497 e. The Kier molecular flexibility index (Phi) is 8.32. The zero-order valence-electron chi connectivity index (χ0n) is 20.3. The Labute approximate surface area is 224 Å². The molecule has 3 aromatic rings. The second kappa shape index (κ2) is 11.8. The number of thiocarbonyl (C=S) groups is 1. The summed E-state index contributed by atoms with van der Waals surface area (Å²) in [5.41, 5.74) is 1.99. The van der Waals surface area contributed by atoms with E-state index in [1.165, 1.54) is 23.8 Å². The van der Waals surface area contributed by atoms with Gasteiger partial charge in [0.15, 0.2) is 22.4 Å². The molecule has 0 aromatic heterocycles. The molecule has 0 radical (unpaired) electrons. The first kappa shape index (κ1) is 26.1. The third-order valence-corrected chi connectivity index (χ3v) is 6.62. The summed E-state index contributed by atoms with van der Waals surface area (Å²) in [5, 5.41) is 2.76. The van der Waals surface area contributed by atoms with Gasteiger partial charge in [-0.05, 0) is 60.2 Å². The van der Waals surface area contributed by atoms with Gasteiger partial charge < -0.3 is 24.3 Å². The lowest BCUT2D eigenvalue weighted by Gasteiger charge is -2.14. The number of hydrogen-bond acceptors (Lipinski definition) is 8. The van der Waals surface area contributed by atoms with Crippen molar-refractivity contribution in [1.82, 2.24) is 0 Å². The van der Waals surface area contributed by atoms with Gasteiger partial charge in [-0.15, -0.1) is 0 Å². The number of hydrogen-bond donors (Lipinski definition) is 1. The topological polar surface area (TPSA) is 86.3 Å². The Morgan fingerprint density at radius 1 is 0.946 bits per heavy atom. The maximum Gasteiger partial charge on any atom is 0.270 e. The Hall–Kier alpha value is -4.02. The highest BCUT2D eigenvalue weighted by atomic mass is 32.2. The van der Waals surface area contributed by atoms with E-state index in [1.54, 1.807) is 87.0 Å². The van der Waals surface area contributed by atoms with Crippen molar-refractivity contribution >= 4 is 57.6 Å². The second-order valence-electron chi connectivity index (χ2n) is 7.69. The molecule has 190 valence electrons. The van der Waals surface area contributed by atoms with Gasteiger partial charge in [-0.2, -0.15) is 0 Å². The van der Waals surface area contributed by atoms with Crippen molar-refractivity contribution < 1.29 is 28.5 Å². The fourth-order valence-electron chi connectivity index (χ4n) is 3.51. The number of nitrogens with zero attached hydrogens (tertiary/aromatic N) is 1. The predicted molar refractivity (Wildman–Crippen MR) is 149 cm³/mol. The lowest BCUT2D eigenvalue weighted by molar-refractivity contribution is -0.118. The molecule has 1 saturated heterocycles. The molecule has 8 nitrogen and oxygen atoms in total. The number of carbonyl (C=O) groups excluding carboxylic acids is 2. The molecule has 10 heteroatoms. The van der Waals surface area contributed by atoms with Crippen LogP contribution in [0.4, 0.5) is 11.4 Å². The molecule has 0 saturated carbocycles. The minimum absolute atomic E-state index is 0.214. The summed E-state index contributed by atoms with van der Waals surface area (Å²) in [6, 6.07) is 19.4. The first-order valence-corrected chi connectivity index (χ1v) is 12.3. The maximum absolute atomic E-state index is 13.1. The van der Waals surface area contributed by atoms with E-state index in [1.807, 2.05) is 0 Å². The van der Waals surface area contributed by atoms with E-state index in [-0.39, 0.29) is 18.4 Å². The van der Waals surface area contributed by atoms with Gasteiger partial charge in [-0.1, -0.05) is 36.1 Å². The Morgan fingerprint density at radius 3 is 2.41 bits per heavy atom. The van der Waals surface area contributed by atoms with Gasteiger partial charge in [0, 0.05) is 11.8 Å². The number of anilines is 2. The van der Waals surface area contributed by atoms with Crippen LogP contribution in [-0.4, -0.2) is 44.1 Å². The van der Waals surface area contributed by atoms with Crippen molar-refractivity contribution in [2.45, 2.75) is 0 Å². The summed E-state index contributed by atoms with van der Waals surface area (Å²) >= 11 is 6.67. The second-order valence-corrected chi connectivity index (χ2v) is 9.37. The molecule has 37 heavy (non-hydrogen) atoms. The van der Waals surface area contributed by atoms with Crippen LogP contribution in [0.25, 0.3) is 6.08 Å². The number of ether oxygens (including phenoxy) is 4. The molecule has 1 N–H and O–H groups in total. The van der Waals surface area contributed by atoms with E-state index >= 15 is 0 Å². The van der Waals surface area contributed by atoms with E-state index in [0.717, 1.165) is 5.56 Å². The normalized spacial score (nSPS) is 14.0. The van der Waals surface area contributed by atoms with E-state index in [4.69, 9.17) is 31.2 Å². The van der Waals surface area contributed by atoms with Crippen LogP contribution in [0.15, 0.2) is 71.6 Å². The number of rotatable bonds is 9. The van der Waals surface area contributed by atoms with Crippen molar-refractivity contribution in [2.24, 2.45) is 0 Å².